The molecule has 4 fully saturated rings. The molecule has 0 aliphatic heterocycles. The van der Waals surface area contributed by atoms with E-state index in [9.17, 15) is 9.59 Å². The maximum absolute atomic E-state index is 13.2. The molecule has 0 spiro atoms. The fourth-order valence-electron chi connectivity index (χ4n) is 6.18. The van der Waals surface area contributed by atoms with Gasteiger partial charge in [0.1, 0.15) is 5.02 Å². The number of amides is 1. The Morgan fingerprint density at radius 3 is 2.17 bits per heavy atom. The van der Waals surface area contributed by atoms with Crippen molar-refractivity contribution in [1.82, 2.24) is 9.78 Å². The van der Waals surface area contributed by atoms with Gasteiger partial charge in [-0.25, -0.2) is 4.68 Å². The highest BCUT2D eigenvalue weighted by Gasteiger charge is 2.53. The van der Waals surface area contributed by atoms with Crippen LogP contribution in [0.25, 0.3) is 0 Å². The Bertz CT molecular complexity index is 979. The summed E-state index contributed by atoms with van der Waals surface area (Å²) in [4.78, 5) is 24.3. The molecule has 0 atom stereocenters. The van der Waals surface area contributed by atoms with E-state index in [1.54, 1.807) is 23.0 Å². The Labute approximate surface area is 174 Å². The summed E-state index contributed by atoms with van der Waals surface area (Å²) in [5, 5.41) is 10.7. The van der Waals surface area contributed by atoms with Crippen LogP contribution in [-0.2, 0) is 10.3 Å². The number of carbonyl (C=O) groups is 1. The number of anilines is 3. The lowest BCUT2D eigenvalue weighted by molar-refractivity contribution is -0.114. The zero-order chi connectivity index (χ0) is 20.2. The normalized spacial score (nSPS) is 29.7. The van der Waals surface area contributed by atoms with Crippen molar-refractivity contribution in [2.45, 2.75) is 51.0 Å². The third-order valence-electron chi connectivity index (χ3n) is 6.86. The van der Waals surface area contributed by atoms with Gasteiger partial charge in [0.05, 0.1) is 17.4 Å². The molecule has 1 aromatic carbocycles. The molecule has 4 bridgehead atoms. The van der Waals surface area contributed by atoms with Crippen LogP contribution in [0, 0.1) is 17.8 Å². The summed E-state index contributed by atoms with van der Waals surface area (Å²) in [6, 6.07) is 7.24. The van der Waals surface area contributed by atoms with Crippen molar-refractivity contribution in [3.8, 4) is 0 Å². The van der Waals surface area contributed by atoms with Crippen LogP contribution < -0.4 is 16.2 Å². The molecule has 4 saturated carbocycles. The van der Waals surface area contributed by atoms with Gasteiger partial charge in [-0.1, -0.05) is 11.6 Å². The van der Waals surface area contributed by atoms with Crippen LogP contribution in [-0.4, -0.2) is 15.7 Å². The molecule has 1 heterocycles. The van der Waals surface area contributed by atoms with Gasteiger partial charge < -0.3 is 10.6 Å². The highest BCUT2D eigenvalue weighted by atomic mass is 35.5. The minimum atomic E-state index is -0.200. The second kappa shape index (κ2) is 6.87. The smallest absolute Gasteiger partial charge is 0.288 e. The first-order chi connectivity index (χ1) is 13.9. The molecule has 6 rings (SSSR count). The Morgan fingerprint density at radius 2 is 1.62 bits per heavy atom. The fraction of sp³-hybridized carbons (Fsp3) is 0.500. The standard InChI is InChI=1S/C22H25ClN4O2/c1-13(28)25-17-2-4-18(5-3-17)26-19-12-24-27(21(29)20(19)23)22-9-14-6-15(10-22)8-16(7-14)11-22/h2-5,12,14-16,26H,6-11H2,1H3,(H,25,28). The second-order valence-corrected chi connectivity index (χ2v) is 9.49. The van der Waals surface area contributed by atoms with Crippen LogP contribution in [0.5, 0.6) is 0 Å². The SMILES string of the molecule is CC(=O)Nc1ccc(Nc2cnn(C34CC5CC(CC(C5)C3)C4)c(=O)c2Cl)cc1. The molecule has 152 valence electrons. The van der Waals surface area contributed by atoms with Gasteiger partial charge in [0.25, 0.3) is 5.56 Å². The lowest BCUT2D eigenvalue weighted by Crippen LogP contribution is -2.55. The first-order valence-electron chi connectivity index (χ1n) is 10.3. The third-order valence-corrected chi connectivity index (χ3v) is 7.22. The lowest BCUT2D eigenvalue weighted by Gasteiger charge is -2.56. The van der Waals surface area contributed by atoms with Crippen molar-refractivity contribution in [2.24, 2.45) is 17.8 Å². The van der Waals surface area contributed by atoms with Crippen molar-refractivity contribution < 1.29 is 4.79 Å². The van der Waals surface area contributed by atoms with Gasteiger partial charge in [0, 0.05) is 18.3 Å². The third kappa shape index (κ3) is 3.33. The minimum absolute atomic E-state index is 0.119. The first kappa shape index (κ1) is 18.7. The number of rotatable bonds is 4. The number of hydrogen-bond acceptors (Lipinski definition) is 4. The van der Waals surface area contributed by atoms with E-state index in [1.807, 2.05) is 12.1 Å². The number of carbonyl (C=O) groups excluding carboxylic acids is 1. The first-order valence-corrected chi connectivity index (χ1v) is 10.7. The fourth-order valence-corrected chi connectivity index (χ4v) is 6.35. The molecule has 0 unspecified atom stereocenters. The van der Waals surface area contributed by atoms with Gasteiger partial charge in [0.15, 0.2) is 0 Å². The number of nitrogens with zero attached hydrogens (tertiary/aromatic N) is 2. The largest absolute Gasteiger partial charge is 0.353 e. The van der Waals surface area contributed by atoms with Gasteiger partial charge in [-0.15, -0.1) is 0 Å². The van der Waals surface area contributed by atoms with E-state index in [0.29, 0.717) is 11.4 Å². The van der Waals surface area contributed by atoms with Crippen molar-refractivity contribution in [2.75, 3.05) is 10.6 Å². The predicted molar refractivity (Wildman–Crippen MR) is 114 cm³/mol. The molecule has 29 heavy (non-hydrogen) atoms. The van der Waals surface area contributed by atoms with E-state index in [0.717, 1.165) is 42.7 Å². The maximum atomic E-state index is 13.2. The number of aromatic nitrogens is 2. The average Bonchev–Trinajstić information content (AvgIpc) is 2.65. The molecule has 4 aliphatic carbocycles. The summed E-state index contributed by atoms with van der Waals surface area (Å²) in [5.41, 5.74) is 1.64. The summed E-state index contributed by atoms with van der Waals surface area (Å²) < 4.78 is 1.70. The van der Waals surface area contributed by atoms with Gasteiger partial charge in [-0.3, -0.25) is 9.59 Å². The van der Waals surface area contributed by atoms with Crippen LogP contribution in [0.15, 0.2) is 35.3 Å². The highest BCUT2D eigenvalue weighted by Crippen LogP contribution is 2.58. The Kier molecular flexibility index (Phi) is 4.42. The molecule has 2 aromatic rings. The zero-order valence-corrected chi connectivity index (χ0v) is 17.2. The van der Waals surface area contributed by atoms with Gasteiger partial charge >= 0.3 is 0 Å². The topological polar surface area (TPSA) is 76.0 Å². The summed E-state index contributed by atoms with van der Waals surface area (Å²) in [7, 11) is 0. The highest BCUT2D eigenvalue weighted by molar-refractivity contribution is 6.33. The Balaban J connectivity index is 1.41. The Morgan fingerprint density at radius 1 is 1.07 bits per heavy atom. The monoisotopic (exact) mass is 412 g/mol. The summed E-state index contributed by atoms with van der Waals surface area (Å²) in [6.07, 6.45) is 8.78. The maximum Gasteiger partial charge on any atom is 0.288 e. The van der Waals surface area contributed by atoms with Crippen molar-refractivity contribution >= 4 is 34.6 Å². The molecular weight excluding hydrogens is 388 g/mol. The molecule has 1 amide bonds. The molecule has 7 heteroatoms. The van der Waals surface area contributed by atoms with E-state index >= 15 is 0 Å². The molecule has 2 N–H and O–H groups in total. The van der Waals surface area contributed by atoms with Gasteiger partial charge in [-0.2, -0.15) is 5.10 Å². The van der Waals surface area contributed by atoms with Crippen LogP contribution in [0.4, 0.5) is 17.1 Å². The molecule has 6 nitrogen and oxygen atoms in total. The van der Waals surface area contributed by atoms with Crippen LogP contribution in [0.2, 0.25) is 5.02 Å². The van der Waals surface area contributed by atoms with Crippen LogP contribution in [0.3, 0.4) is 0 Å². The van der Waals surface area contributed by atoms with E-state index in [4.69, 9.17) is 11.6 Å². The van der Waals surface area contributed by atoms with Crippen LogP contribution in [0.1, 0.15) is 45.4 Å². The lowest BCUT2D eigenvalue weighted by atomic mass is 9.53. The zero-order valence-electron chi connectivity index (χ0n) is 16.5. The van der Waals surface area contributed by atoms with E-state index < -0.39 is 0 Å². The summed E-state index contributed by atoms with van der Waals surface area (Å²) in [6.45, 7) is 1.47. The number of halogens is 1. The second-order valence-electron chi connectivity index (χ2n) is 9.11. The molecular formula is C22H25ClN4O2. The average molecular weight is 413 g/mol. The minimum Gasteiger partial charge on any atom is -0.353 e. The molecule has 4 aliphatic rings. The molecule has 1 aromatic heterocycles. The summed E-state index contributed by atoms with van der Waals surface area (Å²) >= 11 is 6.50. The molecule has 0 saturated heterocycles. The Hall–Kier alpha value is -2.34. The van der Waals surface area contributed by atoms with E-state index in [-0.39, 0.29) is 22.0 Å². The van der Waals surface area contributed by atoms with E-state index in [2.05, 4.69) is 15.7 Å². The molecule has 0 radical (unpaired) electrons. The van der Waals surface area contributed by atoms with Crippen molar-refractivity contribution in [1.29, 1.82) is 0 Å². The van der Waals surface area contributed by atoms with E-state index in [1.165, 1.54) is 26.2 Å². The van der Waals surface area contributed by atoms with Gasteiger partial charge in [-0.05, 0) is 80.5 Å². The summed E-state index contributed by atoms with van der Waals surface area (Å²) in [5.74, 6) is 2.07. The quantitative estimate of drug-likeness (QED) is 0.773. The predicted octanol–water partition coefficient (Wildman–Crippen LogP) is 4.52. The number of nitrogens with one attached hydrogen (secondary N) is 2. The van der Waals surface area contributed by atoms with Gasteiger partial charge in [0.2, 0.25) is 5.91 Å². The number of benzene rings is 1. The number of hydrogen-bond donors (Lipinski definition) is 2. The van der Waals surface area contributed by atoms with Crippen LogP contribution >= 0.6 is 11.6 Å². The van der Waals surface area contributed by atoms with Crippen molar-refractivity contribution in [3.05, 3.63) is 45.8 Å². The van der Waals surface area contributed by atoms with Crippen molar-refractivity contribution in [3.63, 3.8) is 0 Å².